The number of amides is 2. The van der Waals surface area contributed by atoms with Gasteiger partial charge in [-0.1, -0.05) is 0 Å². The van der Waals surface area contributed by atoms with Gasteiger partial charge in [-0.3, -0.25) is 9.59 Å². The molecular weight excluding hydrogens is 316 g/mol. The third kappa shape index (κ3) is 4.72. The minimum Gasteiger partial charge on any atom is -0.449 e. The first-order valence-corrected chi connectivity index (χ1v) is 8.24. The summed E-state index contributed by atoms with van der Waals surface area (Å²) in [6.07, 6.45) is -0.901. The van der Waals surface area contributed by atoms with Crippen molar-refractivity contribution in [1.29, 1.82) is 0 Å². The predicted molar refractivity (Wildman–Crippen MR) is 88.6 cm³/mol. The third-order valence-electron chi connectivity index (χ3n) is 3.00. The van der Waals surface area contributed by atoms with Crippen molar-refractivity contribution < 1.29 is 19.1 Å². The lowest BCUT2D eigenvalue weighted by Crippen LogP contribution is -2.46. The van der Waals surface area contributed by atoms with E-state index in [1.54, 1.807) is 18.2 Å². The van der Waals surface area contributed by atoms with Crippen LogP contribution in [0.2, 0.25) is 0 Å². The Morgan fingerprint density at radius 2 is 2.04 bits per heavy atom. The number of esters is 1. The summed E-state index contributed by atoms with van der Waals surface area (Å²) in [7, 11) is 0. The Morgan fingerprint density at radius 3 is 2.70 bits per heavy atom. The topological polar surface area (TPSA) is 84.5 Å². The molecule has 0 fully saturated rings. The number of hydrogen-bond acceptors (Lipinski definition) is 5. The normalized spacial score (nSPS) is 15.2. The average molecular weight is 336 g/mol. The van der Waals surface area contributed by atoms with Crippen molar-refractivity contribution in [1.82, 2.24) is 5.32 Å². The summed E-state index contributed by atoms with van der Waals surface area (Å²) in [6, 6.07) is 4.95. The number of thioether (sulfide) groups is 1. The first-order valence-electron chi connectivity index (χ1n) is 7.25. The molecule has 0 spiro atoms. The molecule has 2 amide bonds. The lowest BCUT2D eigenvalue weighted by atomic mass is 10.1. The summed E-state index contributed by atoms with van der Waals surface area (Å²) in [5, 5.41) is 5.47. The number of fused-ring (bicyclic) bond motifs is 1. The molecule has 7 heteroatoms. The first-order chi connectivity index (χ1) is 10.7. The van der Waals surface area contributed by atoms with Gasteiger partial charge in [0.25, 0.3) is 5.91 Å². The van der Waals surface area contributed by atoms with E-state index in [2.05, 4.69) is 10.6 Å². The van der Waals surface area contributed by atoms with Crippen LogP contribution in [-0.2, 0) is 14.3 Å². The molecular formula is C16H20N2O4S. The molecule has 0 saturated heterocycles. The summed E-state index contributed by atoms with van der Waals surface area (Å²) >= 11 is 1.41. The molecule has 6 nitrogen and oxygen atoms in total. The van der Waals surface area contributed by atoms with Gasteiger partial charge in [0.15, 0.2) is 6.10 Å². The zero-order valence-electron chi connectivity index (χ0n) is 13.6. The molecule has 0 saturated carbocycles. The number of nitrogens with one attached hydrogen (secondary N) is 2. The summed E-state index contributed by atoms with van der Waals surface area (Å²) in [5.41, 5.74) is 0.486. The minimum absolute atomic E-state index is 0.106. The molecule has 2 N–H and O–H groups in total. The van der Waals surface area contributed by atoms with E-state index in [1.165, 1.54) is 18.7 Å². The lowest BCUT2D eigenvalue weighted by molar-refractivity contribution is -0.130. The molecule has 2 rings (SSSR count). The highest BCUT2D eigenvalue weighted by molar-refractivity contribution is 8.00. The maximum Gasteiger partial charge on any atom is 0.338 e. The van der Waals surface area contributed by atoms with Crippen LogP contribution in [0.15, 0.2) is 23.1 Å². The van der Waals surface area contributed by atoms with Crippen molar-refractivity contribution in [2.45, 2.75) is 44.2 Å². The van der Waals surface area contributed by atoms with E-state index < -0.39 is 17.6 Å². The molecule has 1 aliphatic rings. The highest BCUT2D eigenvalue weighted by atomic mass is 32.2. The smallest absolute Gasteiger partial charge is 0.338 e. The maximum atomic E-state index is 12.2. The van der Waals surface area contributed by atoms with Crippen LogP contribution < -0.4 is 10.6 Å². The van der Waals surface area contributed by atoms with Gasteiger partial charge < -0.3 is 15.4 Å². The second kappa shape index (κ2) is 6.62. The van der Waals surface area contributed by atoms with Gasteiger partial charge in [-0.05, 0) is 45.9 Å². The molecule has 0 bridgehead atoms. The number of ether oxygens (including phenoxy) is 1. The minimum atomic E-state index is -0.901. The van der Waals surface area contributed by atoms with E-state index in [1.807, 2.05) is 20.8 Å². The van der Waals surface area contributed by atoms with Crippen LogP contribution >= 0.6 is 11.8 Å². The summed E-state index contributed by atoms with van der Waals surface area (Å²) in [6.45, 7) is 7.07. The fraction of sp³-hybridized carbons (Fsp3) is 0.438. The van der Waals surface area contributed by atoms with Crippen LogP contribution in [0.25, 0.3) is 0 Å². The third-order valence-corrected chi connectivity index (χ3v) is 4.07. The molecule has 1 aliphatic heterocycles. The Labute approximate surface area is 139 Å². The molecule has 1 heterocycles. The van der Waals surface area contributed by atoms with E-state index in [0.717, 1.165) is 4.90 Å². The van der Waals surface area contributed by atoms with Gasteiger partial charge >= 0.3 is 5.97 Å². The first kappa shape index (κ1) is 17.3. The van der Waals surface area contributed by atoms with Gasteiger partial charge in [0.1, 0.15) is 0 Å². The summed E-state index contributed by atoms with van der Waals surface area (Å²) < 4.78 is 5.19. The summed E-state index contributed by atoms with van der Waals surface area (Å²) in [5.74, 6) is -0.700. The van der Waals surface area contributed by atoms with Gasteiger partial charge in [0, 0.05) is 10.4 Å². The van der Waals surface area contributed by atoms with E-state index in [-0.39, 0.29) is 11.8 Å². The number of anilines is 1. The van der Waals surface area contributed by atoms with Crippen molar-refractivity contribution in [3.05, 3.63) is 23.8 Å². The maximum absolute atomic E-state index is 12.2. The zero-order chi connectivity index (χ0) is 17.2. The Hall–Kier alpha value is -2.02. The fourth-order valence-electron chi connectivity index (χ4n) is 1.96. The van der Waals surface area contributed by atoms with Gasteiger partial charge in [0.2, 0.25) is 5.91 Å². The Kier molecular flexibility index (Phi) is 4.99. The van der Waals surface area contributed by atoms with Crippen LogP contribution in [0.1, 0.15) is 38.1 Å². The largest absolute Gasteiger partial charge is 0.449 e. The molecule has 1 aromatic rings. The monoisotopic (exact) mass is 336 g/mol. The predicted octanol–water partition coefficient (Wildman–Crippen LogP) is 2.19. The van der Waals surface area contributed by atoms with Gasteiger partial charge in [-0.2, -0.15) is 0 Å². The van der Waals surface area contributed by atoms with Crippen LogP contribution in [0.5, 0.6) is 0 Å². The van der Waals surface area contributed by atoms with E-state index in [9.17, 15) is 14.4 Å². The van der Waals surface area contributed by atoms with Crippen LogP contribution in [0, 0.1) is 0 Å². The zero-order valence-corrected chi connectivity index (χ0v) is 14.4. The molecule has 1 atom stereocenters. The van der Waals surface area contributed by atoms with Crippen molar-refractivity contribution >= 4 is 35.2 Å². The fourth-order valence-corrected chi connectivity index (χ4v) is 2.75. The molecule has 0 unspecified atom stereocenters. The molecule has 124 valence electrons. The standard InChI is InChI=1S/C16H20N2O4S/c1-9(14(20)18-16(2,3)4)22-15(21)10-5-6-12-11(7-10)17-13(19)8-23-12/h5-7,9H,8H2,1-4H3,(H,17,19)(H,18,20)/t9-/m0/s1. The molecule has 0 aliphatic carbocycles. The van der Waals surface area contributed by atoms with Gasteiger partial charge in [0.05, 0.1) is 17.0 Å². The lowest BCUT2D eigenvalue weighted by Gasteiger charge is -2.23. The quantitative estimate of drug-likeness (QED) is 0.827. The van der Waals surface area contributed by atoms with Crippen molar-refractivity contribution in [2.75, 3.05) is 11.1 Å². The van der Waals surface area contributed by atoms with E-state index >= 15 is 0 Å². The van der Waals surface area contributed by atoms with Crippen molar-refractivity contribution in [3.63, 3.8) is 0 Å². The molecule has 0 aromatic heterocycles. The molecule has 0 radical (unpaired) electrons. The highest BCUT2D eigenvalue weighted by Gasteiger charge is 2.24. The molecule has 1 aromatic carbocycles. The second-order valence-corrected chi connectivity index (χ2v) is 7.35. The Morgan fingerprint density at radius 1 is 1.35 bits per heavy atom. The second-order valence-electron chi connectivity index (χ2n) is 6.33. The molecule has 23 heavy (non-hydrogen) atoms. The van der Waals surface area contributed by atoms with Crippen LogP contribution in [0.4, 0.5) is 5.69 Å². The number of carbonyl (C=O) groups is 3. The number of carbonyl (C=O) groups excluding carboxylic acids is 3. The van der Waals surface area contributed by atoms with Crippen molar-refractivity contribution in [3.8, 4) is 0 Å². The van der Waals surface area contributed by atoms with Gasteiger partial charge in [-0.15, -0.1) is 11.8 Å². The van der Waals surface area contributed by atoms with E-state index in [0.29, 0.717) is 17.0 Å². The number of hydrogen-bond donors (Lipinski definition) is 2. The van der Waals surface area contributed by atoms with Crippen LogP contribution in [-0.4, -0.2) is 35.2 Å². The van der Waals surface area contributed by atoms with E-state index in [4.69, 9.17) is 4.74 Å². The van der Waals surface area contributed by atoms with Crippen molar-refractivity contribution in [2.24, 2.45) is 0 Å². The Balaban J connectivity index is 2.05. The number of rotatable bonds is 3. The average Bonchev–Trinajstić information content (AvgIpc) is 2.44. The SMILES string of the molecule is C[C@H](OC(=O)c1ccc2c(c1)NC(=O)CS2)C(=O)NC(C)(C)C. The van der Waals surface area contributed by atoms with Crippen LogP contribution in [0.3, 0.4) is 0 Å². The highest BCUT2D eigenvalue weighted by Crippen LogP contribution is 2.32. The van der Waals surface area contributed by atoms with Gasteiger partial charge in [-0.25, -0.2) is 4.79 Å². The number of benzene rings is 1. The Bertz CT molecular complexity index is 652. The summed E-state index contributed by atoms with van der Waals surface area (Å²) in [4.78, 5) is 36.4.